The summed E-state index contributed by atoms with van der Waals surface area (Å²) < 4.78 is 18.8. The van der Waals surface area contributed by atoms with E-state index >= 15 is 0 Å². The van der Waals surface area contributed by atoms with E-state index in [2.05, 4.69) is 0 Å². The van der Waals surface area contributed by atoms with Gasteiger partial charge in [-0.1, -0.05) is 0 Å². The van der Waals surface area contributed by atoms with Crippen LogP contribution >= 0.6 is 0 Å². The van der Waals surface area contributed by atoms with Gasteiger partial charge in [-0.2, -0.15) is 0 Å². The van der Waals surface area contributed by atoms with Gasteiger partial charge in [-0.05, 0) is 37.5 Å². The van der Waals surface area contributed by atoms with Crippen LogP contribution in [0.2, 0.25) is 0 Å². The Balaban J connectivity index is 2.02. The first-order valence-electron chi connectivity index (χ1n) is 6.04. The Kier molecular flexibility index (Phi) is 3.84. The number of anilines is 2. The minimum absolute atomic E-state index is 0.233. The van der Waals surface area contributed by atoms with Gasteiger partial charge in [0.1, 0.15) is 5.82 Å². The van der Waals surface area contributed by atoms with Crippen molar-refractivity contribution in [3.63, 3.8) is 0 Å². The van der Waals surface area contributed by atoms with E-state index in [1.165, 1.54) is 18.6 Å². The standard InChI is InChI=1S/C13H19FN2O/c1-16(9-11-4-2-3-7-17-11)13-8-10(14)5-6-12(13)15/h5-6,8,11H,2-4,7,9,15H2,1H3. The van der Waals surface area contributed by atoms with E-state index < -0.39 is 0 Å². The van der Waals surface area contributed by atoms with E-state index in [1.54, 1.807) is 6.07 Å². The molecule has 2 rings (SSSR count). The third kappa shape index (κ3) is 3.09. The quantitative estimate of drug-likeness (QED) is 0.822. The number of likely N-dealkylation sites (N-methyl/N-ethyl adjacent to an activating group) is 1. The van der Waals surface area contributed by atoms with Gasteiger partial charge in [0.2, 0.25) is 0 Å². The number of hydrogen-bond donors (Lipinski definition) is 1. The van der Waals surface area contributed by atoms with Crippen LogP contribution in [0.25, 0.3) is 0 Å². The summed E-state index contributed by atoms with van der Waals surface area (Å²) in [7, 11) is 1.92. The predicted octanol–water partition coefficient (Wildman–Crippen LogP) is 2.41. The molecule has 1 heterocycles. The summed E-state index contributed by atoms with van der Waals surface area (Å²) in [5.74, 6) is -0.259. The fraction of sp³-hybridized carbons (Fsp3) is 0.538. The highest BCUT2D eigenvalue weighted by Gasteiger charge is 2.17. The van der Waals surface area contributed by atoms with Gasteiger partial charge in [-0.3, -0.25) is 0 Å². The zero-order valence-corrected chi connectivity index (χ0v) is 10.2. The van der Waals surface area contributed by atoms with Crippen molar-refractivity contribution in [2.45, 2.75) is 25.4 Å². The molecule has 1 atom stereocenters. The molecule has 1 saturated heterocycles. The summed E-state index contributed by atoms with van der Waals surface area (Å²) in [6.07, 6.45) is 3.65. The summed E-state index contributed by atoms with van der Waals surface area (Å²) in [6.45, 7) is 1.59. The molecular weight excluding hydrogens is 219 g/mol. The molecule has 0 spiro atoms. The predicted molar refractivity (Wildman–Crippen MR) is 67.7 cm³/mol. The summed E-state index contributed by atoms with van der Waals surface area (Å²) in [4.78, 5) is 1.97. The molecule has 1 fully saturated rings. The molecule has 3 nitrogen and oxygen atoms in total. The van der Waals surface area contributed by atoms with Gasteiger partial charge >= 0.3 is 0 Å². The van der Waals surface area contributed by atoms with Crippen molar-refractivity contribution in [2.75, 3.05) is 30.8 Å². The van der Waals surface area contributed by atoms with Gasteiger partial charge in [0.25, 0.3) is 0 Å². The lowest BCUT2D eigenvalue weighted by Gasteiger charge is -2.29. The van der Waals surface area contributed by atoms with Gasteiger partial charge in [-0.25, -0.2) is 4.39 Å². The van der Waals surface area contributed by atoms with E-state index in [-0.39, 0.29) is 11.9 Å². The number of nitrogen functional groups attached to an aromatic ring is 1. The molecule has 4 heteroatoms. The van der Waals surface area contributed by atoms with E-state index in [4.69, 9.17) is 10.5 Å². The number of benzene rings is 1. The van der Waals surface area contributed by atoms with Gasteiger partial charge in [0.05, 0.1) is 17.5 Å². The molecule has 0 bridgehead atoms. The maximum atomic E-state index is 13.2. The molecule has 0 radical (unpaired) electrons. The van der Waals surface area contributed by atoms with Crippen LogP contribution in [0, 0.1) is 5.82 Å². The number of halogens is 1. The maximum absolute atomic E-state index is 13.2. The molecule has 1 aromatic rings. The normalized spacial score (nSPS) is 20.2. The second-order valence-corrected chi connectivity index (χ2v) is 4.57. The molecule has 1 unspecified atom stereocenters. The van der Waals surface area contributed by atoms with Crippen molar-refractivity contribution in [1.82, 2.24) is 0 Å². The van der Waals surface area contributed by atoms with Crippen LogP contribution in [0.3, 0.4) is 0 Å². The fourth-order valence-corrected chi connectivity index (χ4v) is 2.20. The Morgan fingerprint density at radius 2 is 2.29 bits per heavy atom. The van der Waals surface area contributed by atoms with Crippen molar-refractivity contribution in [2.24, 2.45) is 0 Å². The zero-order valence-electron chi connectivity index (χ0n) is 10.2. The molecule has 1 aliphatic heterocycles. The molecule has 0 aliphatic carbocycles. The van der Waals surface area contributed by atoms with E-state index in [0.717, 1.165) is 31.7 Å². The second kappa shape index (κ2) is 5.36. The summed E-state index contributed by atoms with van der Waals surface area (Å²) in [6, 6.07) is 4.45. The zero-order chi connectivity index (χ0) is 12.3. The number of hydrogen-bond acceptors (Lipinski definition) is 3. The van der Waals surface area contributed by atoms with Gasteiger partial charge < -0.3 is 15.4 Å². The fourth-order valence-electron chi connectivity index (χ4n) is 2.20. The van der Waals surface area contributed by atoms with E-state index in [0.29, 0.717) is 5.69 Å². The molecule has 94 valence electrons. The summed E-state index contributed by atoms with van der Waals surface area (Å²) in [5, 5.41) is 0. The molecule has 1 aliphatic rings. The second-order valence-electron chi connectivity index (χ2n) is 4.57. The van der Waals surface area contributed by atoms with Crippen LogP contribution in [0.1, 0.15) is 19.3 Å². The van der Waals surface area contributed by atoms with Crippen molar-refractivity contribution in [3.05, 3.63) is 24.0 Å². The Labute approximate surface area is 101 Å². The van der Waals surface area contributed by atoms with Crippen LogP contribution < -0.4 is 10.6 Å². The van der Waals surface area contributed by atoms with Crippen LogP contribution in [0.5, 0.6) is 0 Å². The van der Waals surface area contributed by atoms with Gasteiger partial charge in [-0.15, -0.1) is 0 Å². The molecule has 0 amide bonds. The Morgan fingerprint density at radius 3 is 3.00 bits per heavy atom. The number of ether oxygens (including phenoxy) is 1. The number of nitrogens with zero attached hydrogens (tertiary/aromatic N) is 1. The lowest BCUT2D eigenvalue weighted by atomic mass is 10.1. The van der Waals surface area contributed by atoms with Crippen molar-refractivity contribution < 1.29 is 9.13 Å². The minimum Gasteiger partial charge on any atom is -0.397 e. The van der Waals surface area contributed by atoms with Crippen molar-refractivity contribution in [3.8, 4) is 0 Å². The molecule has 17 heavy (non-hydrogen) atoms. The van der Waals surface area contributed by atoms with Crippen LogP contribution in [0.15, 0.2) is 18.2 Å². The van der Waals surface area contributed by atoms with E-state index in [9.17, 15) is 4.39 Å². The third-order valence-corrected chi connectivity index (χ3v) is 3.16. The van der Waals surface area contributed by atoms with Crippen LogP contribution in [0.4, 0.5) is 15.8 Å². The number of rotatable bonds is 3. The van der Waals surface area contributed by atoms with Gasteiger partial charge in [0, 0.05) is 20.2 Å². The topological polar surface area (TPSA) is 38.5 Å². The van der Waals surface area contributed by atoms with Crippen LogP contribution in [-0.4, -0.2) is 26.3 Å². The van der Waals surface area contributed by atoms with Crippen LogP contribution in [-0.2, 0) is 4.74 Å². The lowest BCUT2D eigenvalue weighted by molar-refractivity contribution is 0.0216. The van der Waals surface area contributed by atoms with E-state index in [1.807, 2.05) is 11.9 Å². The van der Waals surface area contributed by atoms with Gasteiger partial charge in [0.15, 0.2) is 0 Å². The molecule has 0 aromatic heterocycles. The summed E-state index contributed by atoms with van der Waals surface area (Å²) >= 11 is 0. The minimum atomic E-state index is -0.259. The average molecular weight is 238 g/mol. The maximum Gasteiger partial charge on any atom is 0.125 e. The van der Waals surface area contributed by atoms with Crippen molar-refractivity contribution in [1.29, 1.82) is 0 Å². The molecular formula is C13H19FN2O. The lowest BCUT2D eigenvalue weighted by Crippen LogP contribution is -2.33. The molecule has 0 saturated carbocycles. The Bertz CT molecular complexity index is 378. The number of nitrogens with two attached hydrogens (primary N) is 1. The first kappa shape index (κ1) is 12.2. The first-order chi connectivity index (χ1) is 8.16. The SMILES string of the molecule is CN(CC1CCCCO1)c1cc(F)ccc1N. The Morgan fingerprint density at radius 1 is 1.47 bits per heavy atom. The smallest absolute Gasteiger partial charge is 0.125 e. The monoisotopic (exact) mass is 238 g/mol. The highest BCUT2D eigenvalue weighted by molar-refractivity contribution is 5.67. The average Bonchev–Trinajstić information content (AvgIpc) is 2.33. The Hall–Kier alpha value is -1.29. The van der Waals surface area contributed by atoms with Crippen molar-refractivity contribution >= 4 is 11.4 Å². The third-order valence-electron chi connectivity index (χ3n) is 3.16. The molecule has 2 N–H and O–H groups in total. The largest absolute Gasteiger partial charge is 0.397 e. The highest BCUT2D eigenvalue weighted by atomic mass is 19.1. The highest BCUT2D eigenvalue weighted by Crippen LogP contribution is 2.24. The first-order valence-corrected chi connectivity index (χ1v) is 6.04. The summed E-state index contributed by atoms with van der Waals surface area (Å²) in [5.41, 5.74) is 7.18. The molecule has 1 aromatic carbocycles.